The zero-order valence-corrected chi connectivity index (χ0v) is 29.9. The Kier molecular flexibility index (Phi) is 11.2. The van der Waals surface area contributed by atoms with Crippen LogP contribution in [0.25, 0.3) is 0 Å². The van der Waals surface area contributed by atoms with Crippen molar-refractivity contribution in [3.05, 3.63) is 95.3 Å². The van der Waals surface area contributed by atoms with Crippen LogP contribution in [-0.4, -0.2) is 94.0 Å². The number of aliphatic imine (C=N–C) groups is 1. The van der Waals surface area contributed by atoms with Gasteiger partial charge in [0.25, 0.3) is 0 Å². The van der Waals surface area contributed by atoms with Gasteiger partial charge >= 0.3 is 12.1 Å². The minimum absolute atomic E-state index is 0.170. The molecule has 6 rings (SSSR count). The van der Waals surface area contributed by atoms with Crippen LogP contribution in [0.4, 0.5) is 38.4 Å². The quantitative estimate of drug-likeness (QED) is 0.155. The fraction of sp³-hybridized carbons (Fsp3) is 0.368. The molecule has 2 aliphatic heterocycles. The molecule has 3 N–H and O–H groups in total. The maximum Gasteiger partial charge on any atom is 0.410 e. The number of methoxy groups -OCH3 is 1. The van der Waals surface area contributed by atoms with E-state index < -0.39 is 17.6 Å². The summed E-state index contributed by atoms with van der Waals surface area (Å²) in [6, 6.07) is 21.4. The largest absolute Gasteiger partial charge is 0.467 e. The van der Waals surface area contributed by atoms with Gasteiger partial charge in [0.05, 0.1) is 19.3 Å². The topological polar surface area (TPSA) is 146 Å². The lowest BCUT2D eigenvalue weighted by molar-refractivity contribution is -0.141. The molecular formula is C38H44FN9O4. The fourth-order valence-electron chi connectivity index (χ4n) is 5.97. The van der Waals surface area contributed by atoms with Crippen LogP contribution in [0.1, 0.15) is 37.5 Å². The van der Waals surface area contributed by atoms with E-state index in [0.717, 1.165) is 41.2 Å². The first kappa shape index (κ1) is 36.2. The van der Waals surface area contributed by atoms with Gasteiger partial charge in [0.15, 0.2) is 0 Å². The molecule has 272 valence electrons. The first-order chi connectivity index (χ1) is 25.0. The maximum absolute atomic E-state index is 13.8. The second kappa shape index (κ2) is 16.1. The third kappa shape index (κ3) is 10.00. The number of esters is 1. The number of nitrogens with zero attached hydrogens (tertiary/aromatic N) is 6. The summed E-state index contributed by atoms with van der Waals surface area (Å²) in [5.74, 6) is -0.110. The van der Waals surface area contributed by atoms with Gasteiger partial charge < -0.3 is 30.3 Å². The monoisotopic (exact) mass is 709 g/mol. The predicted octanol–water partition coefficient (Wildman–Crippen LogP) is 5.74. The Morgan fingerprint density at radius 1 is 0.885 bits per heavy atom. The Balaban J connectivity index is 1.17. The minimum atomic E-state index is -0.766. The van der Waals surface area contributed by atoms with Crippen LogP contribution in [0.3, 0.4) is 0 Å². The second-order valence-corrected chi connectivity index (χ2v) is 13.8. The van der Waals surface area contributed by atoms with Crippen molar-refractivity contribution >= 4 is 47.0 Å². The number of ether oxygens (including phenoxy) is 2. The number of amides is 1. The summed E-state index contributed by atoms with van der Waals surface area (Å²) in [5, 5.41) is 9.68. The van der Waals surface area contributed by atoms with Crippen molar-refractivity contribution in [1.82, 2.24) is 24.8 Å². The Labute approximate surface area is 302 Å². The molecular weight excluding hydrogens is 665 g/mol. The number of fused-ring (bicyclic) bond motifs is 1. The van der Waals surface area contributed by atoms with E-state index in [9.17, 15) is 14.0 Å². The highest BCUT2D eigenvalue weighted by Gasteiger charge is 2.26. The fourth-order valence-corrected chi connectivity index (χ4v) is 5.97. The average Bonchev–Trinajstić information content (AvgIpc) is 3.52. The molecule has 14 heteroatoms. The minimum Gasteiger partial charge on any atom is -0.467 e. The van der Waals surface area contributed by atoms with Crippen molar-refractivity contribution < 1.29 is 23.5 Å². The Bertz CT molecular complexity index is 1910. The summed E-state index contributed by atoms with van der Waals surface area (Å²) in [6.07, 6.45) is 0.645. The molecule has 1 saturated heterocycles. The van der Waals surface area contributed by atoms with Gasteiger partial charge in [-0.2, -0.15) is 15.0 Å². The summed E-state index contributed by atoms with van der Waals surface area (Å²) in [4.78, 5) is 47.8. The van der Waals surface area contributed by atoms with Gasteiger partial charge in [-0.3, -0.25) is 9.89 Å². The normalized spacial score (nSPS) is 14.9. The number of halogens is 1. The number of nitrogens with one attached hydrogen (secondary N) is 3. The zero-order chi connectivity index (χ0) is 36.7. The number of hydrogen-bond acceptors (Lipinski definition) is 12. The van der Waals surface area contributed by atoms with Crippen LogP contribution < -0.4 is 16.0 Å². The van der Waals surface area contributed by atoms with Crippen LogP contribution in [0.5, 0.6) is 0 Å². The second-order valence-electron chi connectivity index (χ2n) is 13.8. The van der Waals surface area contributed by atoms with Gasteiger partial charge in [-0.25, -0.2) is 14.0 Å². The van der Waals surface area contributed by atoms with Crippen LogP contribution >= 0.6 is 0 Å². The Morgan fingerprint density at radius 3 is 2.37 bits per heavy atom. The summed E-state index contributed by atoms with van der Waals surface area (Å²) in [7, 11) is 1.34. The number of carbonyl (C=O) groups excluding carboxylic acids is 2. The molecule has 4 aromatic rings. The SMILES string of the molecule is COC(=O)[C@H](Cc1ccccc1)Nc1nc(NCC2=Nc3cc(F)ccc3C2)nc(Nc2cccc(CN3CCN(C(=O)OC(C)(C)C)CC3)c2)n1. The lowest BCUT2D eigenvalue weighted by Crippen LogP contribution is -2.49. The van der Waals surface area contributed by atoms with E-state index >= 15 is 0 Å². The van der Waals surface area contributed by atoms with Crippen molar-refractivity contribution in [3.63, 3.8) is 0 Å². The number of hydrogen-bond donors (Lipinski definition) is 3. The van der Waals surface area contributed by atoms with Crippen molar-refractivity contribution in [3.8, 4) is 0 Å². The smallest absolute Gasteiger partial charge is 0.410 e. The van der Waals surface area contributed by atoms with Gasteiger partial charge in [-0.1, -0.05) is 48.5 Å². The van der Waals surface area contributed by atoms with Crippen molar-refractivity contribution in [2.45, 2.75) is 51.8 Å². The van der Waals surface area contributed by atoms with E-state index in [4.69, 9.17) is 9.47 Å². The molecule has 0 spiro atoms. The average molecular weight is 710 g/mol. The third-order valence-corrected chi connectivity index (χ3v) is 8.49. The van der Waals surface area contributed by atoms with Gasteiger partial charge in [0, 0.05) is 57.0 Å². The van der Waals surface area contributed by atoms with Crippen LogP contribution in [-0.2, 0) is 33.7 Å². The first-order valence-electron chi connectivity index (χ1n) is 17.3. The molecule has 0 aliphatic carbocycles. The number of benzene rings is 3. The van der Waals surface area contributed by atoms with Crippen LogP contribution in [0, 0.1) is 5.82 Å². The number of piperazine rings is 1. The summed E-state index contributed by atoms with van der Waals surface area (Å²) < 4.78 is 24.4. The summed E-state index contributed by atoms with van der Waals surface area (Å²) in [6.45, 7) is 9.26. The molecule has 0 unspecified atom stereocenters. The molecule has 0 saturated carbocycles. The third-order valence-electron chi connectivity index (χ3n) is 8.49. The lowest BCUT2D eigenvalue weighted by Gasteiger charge is -2.35. The highest BCUT2D eigenvalue weighted by atomic mass is 19.1. The van der Waals surface area contributed by atoms with Gasteiger partial charge in [-0.05, 0) is 61.7 Å². The molecule has 13 nitrogen and oxygen atoms in total. The van der Waals surface area contributed by atoms with Gasteiger partial charge in [0.2, 0.25) is 17.8 Å². The van der Waals surface area contributed by atoms with Gasteiger partial charge in [-0.15, -0.1) is 0 Å². The van der Waals surface area contributed by atoms with Crippen molar-refractivity contribution in [2.24, 2.45) is 4.99 Å². The molecule has 3 aromatic carbocycles. The Hall–Kier alpha value is -5.63. The highest BCUT2D eigenvalue weighted by Crippen LogP contribution is 2.27. The van der Waals surface area contributed by atoms with Crippen molar-refractivity contribution in [2.75, 3.05) is 55.8 Å². The summed E-state index contributed by atoms with van der Waals surface area (Å²) in [5.41, 5.74) is 4.62. The molecule has 2 aliphatic rings. The lowest BCUT2D eigenvalue weighted by atomic mass is 10.1. The molecule has 3 heterocycles. The van der Waals surface area contributed by atoms with E-state index in [1.165, 1.54) is 19.2 Å². The van der Waals surface area contributed by atoms with E-state index in [-0.39, 0.29) is 29.8 Å². The van der Waals surface area contributed by atoms with Crippen LogP contribution in [0.2, 0.25) is 0 Å². The van der Waals surface area contributed by atoms with E-state index in [1.54, 1.807) is 11.0 Å². The standard InChI is InChI=1S/C38H44FN9O4/c1-38(2,3)52-37(50)48-17-15-47(16-18-48)24-26-11-8-12-29(19-26)42-35-44-34(40-23-30-21-27-13-14-28(39)22-31(27)41-30)45-36(46-35)43-32(33(49)51-4)20-25-9-6-5-7-10-25/h5-14,19,22,32H,15-18,20-21,23-24H2,1-4H3,(H3,40,42,43,44,45,46)/t32-/m0/s1. The molecule has 52 heavy (non-hydrogen) atoms. The maximum atomic E-state index is 13.8. The zero-order valence-electron chi connectivity index (χ0n) is 29.9. The molecule has 1 fully saturated rings. The molecule has 1 amide bonds. The summed E-state index contributed by atoms with van der Waals surface area (Å²) >= 11 is 0. The first-order valence-corrected chi connectivity index (χ1v) is 17.3. The number of aromatic nitrogens is 3. The van der Waals surface area contributed by atoms with Gasteiger partial charge in [0.1, 0.15) is 17.5 Å². The van der Waals surface area contributed by atoms with E-state index in [0.29, 0.717) is 44.7 Å². The number of carbonyl (C=O) groups is 2. The highest BCUT2D eigenvalue weighted by molar-refractivity contribution is 5.96. The molecule has 1 aromatic heterocycles. The predicted molar refractivity (Wildman–Crippen MR) is 198 cm³/mol. The number of anilines is 4. The molecule has 0 bridgehead atoms. The van der Waals surface area contributed by atoms with E-state index in [1.807, 2.05) is 69.3 Å². The number of rotatable bonds is 12. The van der Waals surface area contributed by atoms with Crippen LogP contribution in [0.15, 0.2) is 77.8 Å². The van der Waals surface area contributed by atoms with Crippen molar-refractivity contribution in [1.29, 1.82) is 0 Å². The Morgan fingerprint density at radius 2 is 1.62 bits per heavy atom. The molecule has 0 radical (unpaired) electrons. The van der Waals surface area contributed by atoms with E-state index in [2.05, 4.69) is 46.9 Å². The molecule has 1 atom stereocenters.